The molecule has 0 radical (unpaired) electrons. The van der Waals surface area contributed by atoms with Gasteiger partial charge in [0.25, 0.3) is 0 Å². The lowest BCUT2D eigenvalue weighted by Gasteiger charge is -2.17. The standard InChI is InChI=1S/C13H15BrN4/c1-9-4-5-16-8-12(9)13(18-15)6-11-3-2-10(14)7-17-11/h2-5,7-8,13,18H,6,15H2,1H3. The molecule has 1 unspecified atom stereocenters. The molecule has 0 aliphatic carbocycles. The molecule has 0 bridgehead atoms. The van der Waals surface area contributed by atoms with Crippen LogP contribution in [0.25, 0.3) is 0 Å². The van der Waals surface area contributed by atoms with E-state index in [9.17, 15) is 0 Å². The van der Waals surface area contributed by atoms with Gasteiger partial charge >= 0.3 is 0 Å². The average Bonchev–Trinajstić information content (AvgIpc) is 2.39. The van der Waals surface area contributed by atoms with E-state index < -0.39 is 0 Å². The minimum absolute atomic E-state index is 0.0207. The van der Waals surface area contributed by atoms with Crippen LogP contribution in [0.4, 0.5) is 0 Å². The summed E-state index contributed by atoms with van der Waals surface area (Å²) in [4.78, 5) is 8.51. The fraction of sp³-hybridized carbons (Fsp3) is 0.231. The summed E-state index contributed by atoms with van der Waals surface area (Å²) in [5, 5.41) is 0. The Kier molecular flexibility index (Phi) is 4.41. The monoisotopic (exact) mass is 306 g/mol. The van der Waals surface area contributed by atoms with Crippen LogP contribution in [0.5, 0.6) is 0 Å². The van der Waals surface area contributed by atoms with Crippen LogP contribution in [0.3, 0.4) is 0 Å². The van der Waals surface area contributed by atoms with Gasteiger partial charge < -0.3 is 0 Å². The summed E-state index contributed by atoms with van der Waals surface area (Å²) in [6.07, 6.45) is 6.15. The number of halogens is 1. The Labute approximate surface area is 115 Å². The van der Waals surface area contributed by atoms with Crippen molar-refractivity contribution in [3.8, 4) is 0 Å². The van der Waals surface area contributed by atoms with Crippen molar-refractivity contribution in [1.82, 2.24) is 15.4 Å². The first-order valence-corrected chi connectivity index (χ1v) is 6.47. The minimum atomic E-state index is 0.0207. The largest absolute Gasteiger partial charge is 0.271 e. The summed E-state index contributed by atoms with van der Waals surface area (Å²) in [7, 11) is 0. The smallest absolute Gasteiger partial charge is 0.0533 e. The van der Waals surface area contributed by atoms with Gasteiger partial charge in [-0.15, -0.1) is 0 Å². The molecular formula is C13H15BrN4. The molecule has 0 saturated heterocycles. The lowest BCUT2D eigenvalue weighted by Crippen LogP contribution is -2.30. The van der Waals surface area contributed by atoms with Crippen LogP contribution in [0, 0.1) is 6.92 Å². The maximum Gasteiger partial charge on any atom is 0.0533 e. The molecule has 2 heterocycles. The molecule has 18 heavy (non-hydrogen) atoms. The highest BCUT2D eigenvalue weighted by atomic mass is 79.9. The number of nitrogens with two attached hydrogens (primary N) is 1. The number of rotatable bonds is 4. The zero-order valence-electron chi connectivity index (χ0n) is 10.1. The fourth-order valence-electron chi connectivity index (χ4n) is 1.84. The molecule has 0 aliphatic rings. The predicted molar refractivity (Wildman–Crippen MR) is 74.7 cm³/mol. The van der Waals surface area contributed by atoms with Crippen molar-refractivity contribution in [2.24, 2.45) is 5.84 Å². The molecule has 0 saturated carbocycles. The van der Waals surface area contributed by atoms with E-state index in [2.05, 4.69) is 38.2 Å². The topological polar surface area (TPSA) is 63.8 Å². The Bertz CT molecular complexity index is 513. The number of hydrogen-bond donors (Lipinski definition) is 2. The first-order chi connectivity index (χ1) is 8.70. The lowest BCUT2D eigenvalue weighted by atomic mass is 10.00. The zero-order valence-corrected chi connectivity index (χ0v) is 11.7. The number of aryl methyl sites for hydroxylation is 1. The molecule has 94 valence electrons. The van der Waals surface area contributed by atoms with Crippen LogP contribution in [0.2, 0.25) is 0 Å². The van der Waals surface area contributed by atoms with Crippen molar-refractivity contribution in [2.75, 3.05) is 0 Å². The molecule has 2 rings (SSSR count). The highest BCUT2D eigenvalue weighted by Gasteiger charge is 2.13. The van der Waals surface area contributed by atoms with E-state index in [1.54, 1.807) is 12.4 Å². The van der Waals surface area contributed by atoms with Gasteiger partial charge in [-0.25, -0.2) is 0 Å². The molecule has 0 spiro atoms. The summed E-state index contributed by atoms with van der Waals surface area (Å²) in [5.41, 5.74) is 6.09. The van der Waals surface area contributed by atoms with Gasteiger partial charge in [-0.05, 0) is 52.2 Å². The highest BCUT2D eigenvalue weighted by Crippen LogP contribution is 2.19. The lowest BCUT2D eigenvalue weighted by molar-refractivity contribution is 0.541. The normalized spacial score (nSPS) is 12.4. The van der Waals surface area contributed by atoms with Gasteiger partial charge in [-0.1, -0.05) is 0 Å². The van der Waals surface area contributed by atoms with Gasteiger partial charge in [0.15, 0.2) is 0 Å². The van der Waals surface area contributed by atoms with Crippen LogP contribution in [-0.4, -0.2) is 9.97 Å². The Morgan fingerprint density at radius 3 is 2.78 bits per heavy atom. The van der Waals surface area contributed by atoms with Gasteiger partial charge in [0.1, 0.15) is 0 Å². The van der Waals surface area contributed by atoms with E-state index in [0.717, 1.165) is 22.2 Å². The Morgan fingerprint density at radius 2 is 2.17 bits per heavy atom. The molecule has 1 atom stereocenters. The number of hydrazine groups is 1. The molecule has 5 heteroatoms. The summed E-state index contributed by atoms with van der Waals surface area (Å²) in [6, 6.07) is 5.97. The third kappa shape index (κ3) is 3.13. The summed E-state index contributed by atoms with van der Waals surface area (Å²) in [5.74, 6) is 5.64. The van der Waals surface area contributed by atoms with Crippen molar-refractivity contribution in [3.63, 3.8) is 0 Å². The highest BCUT2D eigenvalue weighted by molar-refractivity contribution is 9.10. The first kappa shape index (κ1) is 13.1. The molecule has 2 aromatic rings. The first-order valence-electron chi connectivity index (χ1n) is 5.68. The molecule has 0 aromatic carbocycles. The number of nitrogens with one attached hydrogen (secondary N) is 1. The average molecular weight is 307 g/mol. The third-order valence-corrected chi connectivity index (χ3v) is 3.33. The molecule has 4 nitrogen and oxygen atoms in total. The summed E-state index contributed by atoms with van der Waals surface area (Å²) in [6.45, 7) is 2.05. The van der Waals surface area contributed by atoms with E-state index in [1.165, 1.54) is 5.56 Å². The van der Waals surface area contributed by atoms with Crippen LogP contribution >= 0.6 is 15.9 Å². The number of pyridine rings is 2. The van der Waals surface area contributed by atoms with Gasteiger partial charge in [-0.3, -0.25) is 21.2 Å². The van der Waals surface area contributed by atoms with Gasteiger partial charge in [-0.2, -0.15) is 0 Å². The van der Waals surface area contributed by atoms with Crippen molar-refractivity contribution >= 4 is 15.9 Å². The van der Waals surface area contributed by atoms with E-state index in [1.807, 2.05) is 24.4 Å². The number of nitrogens with zero attached hydrogens (tertiary/aromatic N) is 2. The van der Waals surface area contributed by atoms with Crippen LogP contribution in [0.1, 0.15) is 22.9 Å². The maximum absolute atomic E-state index is 5.64. The minimum Gasteiger partial charge on any atom is -0.271 e. The zero-order chi connectivity index (χ0) is 13.0. The summed E-state index contributed by atoms with van der Waals surface area (Å²) < 4.78 is 0.973. The summed E-state index contributed by atoms with van der Waals surface area (Å²) >= 11 is 3.37. The van der Waals surface area contributed by atoms with Gasteiger partial charge in [0.2, 0.25) is 0 Å². The second-order valence-electron chi connectivity index (χ2n) is 4.12. The van der Waals surface area contributed by atoms with Crippen molar-refractivity contribution in [2.45, 2.75) is 19.4 Å². The molecule has 3 N–H and O–H groups in total. The van der Waals surface area contributed by atoms with E-state index in [0.29, 0.717) is 0 Å². The Hall–Kier alpha value is -1.30. The molecule has 0 amide bonds. The molecule has 0 fully saturated rings. The second-order valence-corrected chi connectivity index (χ2v) is 5.04. The van der Waals surface area contributed by atoms with Crippen molar-refractivity contribution in [3.05, 3.63) is 58.1 Å². The van der Waals surface area contributed by atoms with E-state index in [4.69, 9.17) is 5.84 Å². The fourth-order valence-corrected chi connectivity index (χ4v) is 2.07. The predicted octanol–water partition coefficient (Wildman–Crippen LogP) is 2.29. The van der Waals surface area contributed by atoms with E-state index >= 15 is 0 Å². The van der Waals surface area contributed by atoms with Crippen molar-refractivity contribution < 1.29 is 0 Å². The van der Waals surface area contributed by atoms with Crippen LogP contribution in [-0.2, 0) is 6.42 Å². The molecule has 2 aromatic heterocycles. The third-order valence-electron chi connectivity index (χ3n) is 2.86. The molecular weight excluding hydrogens is 292 g/mol. The maximum atomic E-state index is 5.64. The molecule has 0 aliphatic heterocycles. The number of hydrogen-bond acceptors (Lipinski definition) is 4. The van der Waals surface area contributed by atoms with Crippen LogP contribution in [0.15, 0.2) is 41.3 Å². The van der Waals surface area contributed by atoms with Gasteiger partial charge in [0.05, 0.1) is 6.04 Å². The number of aromatic nitrogens is 2. The SMILES string of the molecule is Cc1ccncc1C(Cc1ccc(Br)cn1)NN. The Balaban J connectivity index is 2.20. The quantitative estimate of drug-likeness (QED) is 0.672. The van der Waals surface area contributed by atoms with Crippen LogP contribution < -0.4 is 11.3 Å². The van der Waals surface area contributed by atoms with Gasteiger partial charge in [0, 0.05) is 35.2 Å². The van der Waals surface area contributed by atoms with Crippen molar-refractivity contribution in [1.29, 1.82) is 0 Å². The van der Waals surface area contributed by atoms with E-state index in [-0.39, 0.29) is 6.04 Å². The Morgan fingerprint density at radius 1 is 1.33 bits per heavy atom. The second kappa shape index (κ2) is 6.04.